The Bertz CT molecular complexity index is 2450. The number of fused-ring (bicyclic) bond motifs is 8. The third-order valence-electron chi connectivity index (χ3n) is 7.84. The fraction of sp³-hybridized carbons (Fsp3) is 0. The van der Waals surface area contributed by atoms with Crippen molar-refractivity contribution >= 4 is 65.6 Å². The molecule has 0 aliphatic heterocycles. The molecule has 9 rings (SSSR count). The zero-order valence-corrected chi connectivity index (χ0v) is 21.2. The highest BCUT2D eigenvalue weighted by Crippen LogP contribution is 2.38. The minimum absolute atomic E-state index is 0.569. The van der Waals surface area contributed by atoms with Gasteiger partial charge in [-0.15, -0.1) is 0 Å². The van der Waals surface area contributed by atoms with Gasteiger partial charge in [0, 0.05) is 33.3 Å². The molecule has 0 unspecified atom stereocenters. The van der Waals surface area contributed by atoms with Gasteiger partial charge in [0.25, 0.3) is 0 Å². The summed E-state index contributed by atoms with van der Waals surface area (Å²) in [5.74, 6) is 0.578. The second-order valence-electron chi connectivity index (χ2n) is 10.1. The molecule has 0 fully saturated rings. The van der Waals surface area contributed by atoms with Gasteiger partial charge in [0.2, 0.25) is 11.7 Å². The Morgan fingerprint density at radius 2 is 1.35 bits per heavy atom. The molecule has 5 aromatic carbocycles. The summed E-state index contributed by atoms with van der Waals surface area (Å²) >= 11 is 0. The first kappa shape index (κ1) is 21.4. The van der Waals surface area contributed by atoms with Crippen molar-refractivity contribution in [3.8, 4) is 17.2 Å². The van der Waals surface area contributed by atoms with Gasteiger partial charge in [-0.2, -0.15) is 4.98 Å². The monoisotopic (exact) mass is 512 g/mol. The van der Waals surface area contributed by atoms with Crippen molar-refractivity contribution in [2.45, 2.75) is 0 Å². The second-order valence-corrected chi connectivity index (χ2v) is 10.1. The van der Waals surface area contributed by atoms with Gasteiger partial charge >= 0.3 is 0 Å². The molecule has 0 aliphatic carbocycles. The average Bonchev–Trinajstić information content (AvgIpc) is 3.54. The number of furan rings is 1. The van der Waals surface area contributed by atoms with Gasteiger partial charge in [0.15, 0.2) is 0 Å². The normalized spacial score (nSPS) is 12.0. The van der Waals surface area contributed by atoms with E-state index in [9.17, 15) is 0 Å². The lowest BCUT2D eigenvalue weighted by Gasteiger charge is -2.10. The van der Waals surface area contributed by atoms with Crippen LogP contribution in [-0.2, 0) is 0 Å². The molecule has 40 heavy (non-hydrogen) atoms. The van der Waals surface area contributed by atoms with Crippen LogP contribution < -0.4 is 0 Å². The van der Waals surface area contributed by atoms with Crippen molar-refractivity contribution in [2.24, 2.45) is 0 Å². The maximum atomic E-state index is 6.36. The Kier molecular flexibility index (Phi) is 4.27. The van der Waals surface area contributed by atoms with Crippen molar-refractivity contribution in [1.82, 2.24) is 19.5 Å². The average molecular weight is 513 g/mol. The highest BCUT2D eigenvalue weighted by Gasteiger charge is 2.21. The number of pyridine rings is 1. The molecule has 5 nitrogen and oxygen atoms in total. The topological polar surface area (TPSA) is 56.7 Å². The number of para-hydroxylation sites is 2. The summed E-state index contributed by atoms with van der Waals surface area (Å²) in [6.45, 7) is 0. The molecule has 0 spiro atoms. The van der Waals surface area contributed by atoms with Gasteiger partial charge in [-0.05, 0) is 53.2 Å². The molecule has 0 N–H and O–H groups in total. The van der Waals surface area contributed by atoms with Crippen LogP contribution in [0.2, 0.25) is 0 Å². The summed E-state index contributed by atoms with van der Waals surface area (Å²) < 4.78 is 8.52. The van der Waals surface area contributed by atoms with E-state index in [0.29, 0.717) is 11.7 Å². The molecular weight excluding hydrogens is 492 g/mol. The summed E-state index contributed by atoms with van der Waals surface area (Å²) in [6, 6.07) is 39.8. The van der Waals surface area contributed by atoms with E-state index in [-0.39, 0.29) is 0 Å². The predicted octanol–water partition coefficient (Wildman–Crippen LogP) is 8.84. The Morgan fingerprint density at radius 3 is 2.27 bits per heavy atom. The molecule has 186 valence electrons. The van der Waals surface area contributed by atoms with E-state index >= 15 is 0 Å². The van der Waals surface area contributed by atoms with Crippen LogP contribution in [0.3, 0.4) is 0 Å². The molecule has 0 saturated carbocycles. The van der Waals surface area contributed by atoms with Crippen LogP contribution in [0.25, 0.3) is 82.8 Å². The van der Waals surface area contributed by atoms with Crippen molar-refractivity contribution in [1.29, 1.82) is 0 Å². The van der Waals surface area contributed by atoms with E-state index in [0.717, 1.165) is 54.9 Å². The zero-order valence-electron chi connectivity index (χ0n) is 21.2. The Labute approximate surface area is 228 Å². The van der Waals surface area contributed by atoms with Crippen molar-refractivity contribution in [2.75, 3.05) is 0 Å². The fourth-order valence-electron chi connectivity index (χ4n) is 6.01. The van der Waals surface area contributed by atoms with Crippen molar-refractivity contribution in [3.63, 3.8) is 0 Å². The van der Waals surface area contributed by atoms with E-state index in [1.54, 1.807) is 0 Å². The van der Waals surface area contributed by atoms with E-state index in [1.807, 2.05) is 36.5 Å². The minimum atomic E-state index is 0.569. The van der Waals surface area contributed by atoms with Crippen molar-refractivity contribution in [3.05, 3.63) is 121 Å². The number of hydrogen-bond acceptors (Lipinski definition) is 4. The lowest BCUT2D eigenvalue weighted by Crippen LogP contribution is -2.03. The molecule has 0 amide bonds. The standard InChI is InChI=1S/C35H20N4O/c1-2-9-22-20-30-27(19-21(22)8-1)25-11-3-5-13-29(25)39(30)35-37-33(24-15-16-28-23(18-24)10-7-17-36-28)32-26-12-4-6-14-31(26)40-34(32)38-35/h1-20H. The number of rotatable bonds is 2. The molecule has 9 aromatic rings. The number of hydrogen-bond donors (Lipinski definition) is 0. The molecular formula is C35H20N4O. The van der Waals surface area contributed by atoms with Crippen LogP contribution in [0.5, 0.6) is 0 Å². The fourth-order valence-corrected chi connectivity index (χ4v) is 6.01. The summed E-state index contributed by atoms with van der Waals surface area (Å²) in [7, 11) is 0. The van der Waals surface area contributed by atoms with Gasteiger partial charge in [0.05, 0.1) is 27.6 Å². The number of nitrogens with zero attached hydrogens (tertiary/aromatic N) is 4. The Balaban J connectivity index is 1.43. The quantitative estimate of drug-likeness (QED) is 0.232. The third kappa shape index (κ3) is 3.00. The third-order valence-corrected chi connectivity index (χ3v) is 7.84. The summed E-state index contributed by atoms with van der Waals surface area (Å²) in [5, 5.41) is 7.68. The highest BCUT2D eigenvalue weighted by molar-refractivity contribution is 6.14. The highest BCUT2D eigenvalue weighted by atomic mass is 16.3. The van der Waals surface area contributed by atoms with Crippen LogP contribution in [0.15, 0.2) is 126 Å². The summed E-state index contributed by atoms with van der Waals surface area (Å²) in [5.41, 5.74) is 6.25. The van der Waals surface area contributed by atoms with Gasteiger partial charge in [0.1, 0.15) is 5.58 Å². The zero-order chi connectivity index (χ0) is 26.2. The smallest absolute Gasteiger partial charge is 0.238 e. The number of aromatic nitrogens is 4. The van der Waals surface area contributed by atoms with Crippen LogP contribution in [-0.4, -0.2) is 19.5 Å². The molecule has 0 saturated heterocycles. The SMILES string of the molecule is c1ccc2cc3c(cc2c1)c1ccccc1n3-c1nc(-c2ccc3ncccc3c2)c2c(n1)oc1ccccc12. The summed E-state index contributed by atoms with van der Waals surface area (Å²) in [6.07, 6.45) is 1.82. The molecule has 0 bridgehead atoms. The molecule has 0 radical (unpaired) electrons. The number of benzene rings is 5. The maximum absolute atomic E-state index is 6.36. The Hall–Kier alpha value is -5.55. The van der Waals surface area contributed by atoms with Crippen LogP contribution in [0, 0.1) is 0 Å². The maximum Gasteiger partial charge on any atom is 0.238 e. The first-order chi connectivity index (χ1) is 19.8. The molecule has 5 heteroatoms. The lowest BCUT2D eigenvalue weighted by molar-refractivity contribution is 0.651. The van der Waals surface area contributed by atoms with E-state index in [2.05, 4.69) is 94.5 Å². The second kappa shape index (κ2) is 7.98. The minimum Gasteiger partial charge on any atom is -0.437 e. The molecule has 0 atom stereocenters. The van der Waals surface area contributed by atoms with E-state index < -0.39 is 0 Å². The molecule has 0 aliphatic rings. The summed E-state index contributed by atoms with van der Waals surface area (Å²) in [4.78, 5) is 14.9. The first-order valence-corrected chi connectivity index (χ1v) is 13.3. The predicted molar refractivity (Wildman–Crippen MR) is 162 cm³/mol. The van der Waals surface area contributed by atoms with Gasteiger partial charge in [-0.3, -0.25) is 9.55 Å². The largest absolute Gasteiger partial charge is 0.437 e. The lowest BCUT2D eigenvalue weighted by atomic mass is 10.0. The van der Waals surface area contributed by atoms with E-state index in [4.69, 9.17) is 14.4 Å². The molecule has 4 aromatic heterocycles. The molecule has 4 heterocycles. The van der Waals surface area contributed by atoms with Gasteiger partial charge in [-0.25, -0.2) is 4.98 Å². The van der Waals surface area contributed by atoms with E-state index in [1.165, 1.54) is 16.2 Å². The van der Waals surface area contributed by atoms with Crippen LogP contribution in [0.1, 0.15) is 0 Å². The van der Waals surface area contributed by atoms with Crippen LogP contribution in [0.4, 0.5) is 0 Å². The van der Waals surface area contributed by atoms with Crippen LogP contribution >= 0.6 is 0 Å². The van der Waals surface area contributed by atoms with Crippen molar-refractivity contribution < 1.29 is 4.42 Å². The van der Waals surface area contributed by atoms with Gasteiger partial charge < -0.3 is 4.42 Å². The first-order valence-electron chi connectivity index (χ1n) is 13.3. The van der Waals surface area contributed by atoms with Gasteiger partial charge in [-0.1, -0.05) is 72.8 Å². The Morgan fingerprint density at radius 1 is 0.575 bits per heavy atom.